The number of nitro benzene ring substituents is 1. The summed E-state index contributed by atoms with van der Waals surface area (Å²) in [7, 11) is 0. The van der Waals surface area contributed by atoms with Crippen LogP contribution in [0.2, 0.25) is 0 Å². The number of nitrogens with two attached hydrogens (primary N) is 1. The Kier molecular flexibility index (Phi) is 9.43. The third-order valence-corrected chi connectivity index (χ3v) is 6.90. The van der Waals surface area contributed by atoms with Crippen LogP contribution < -0.4 is 20.5 Å². The Labute approximate surface area is 246 Å². The van der Waals surface area contributed by atoms with Gasteiger partial charge in [0.25, 0.3) is 11.6 Å². The van der Waals surface area contributed by atoms with Gasteiger partial charge in [-0.05, 0) is 59.1 Å². The van der Waals surface area contributed by atoms with Crippen LogP contribution in [0.1, 0.15) is 65.0 Å². The second kappa shape index (κ2) is 12.9. The van der Waals surface area contributed by atoms with E-state index in [0.717, 1.165) is 12.1 Å². The molecule has 232 valence electrons. The van der Waals surface area contributed by atoms with Crippen LogP contribution >= 0.6 is 0 Å². The molecule has 43 heavy (non-hydrogen) atoms. The summed E-state index contributed by atoms with van der Waals surface area (Å²) in [6.45, 7) is 6.95. The smallest absolute Gasteiger partial charge is 0.476 e. The third-order valence-electron chi connectivity index (χ3n) is 6.90. The number of hydrogen-bond donors (Lipinski definition) is 2. The zero-order chi connectivity index (χ0) is 31.4. The second-order valence-corrected chi connectivity index (χ2v) is 11.4. The van der Waals surface area contributed by atoms with Gasteiger partial charge in [0.1, 0.15) is 17.7 Å². The summed E-state index contributed by atoms with van der Waals surface area (Å²) in [4.78, 5) is 31.0. The molecular weight excluding hydrogens is 568 g/mol. The van der Waals surface area contributed by atoms with Crippen LogP contribution in [-0.4, -0.2) is 55.5 Å². The first-order chi connectivity index (χ1) is 20.2. The van der Waals surface area contributed by atoms with E-state index >= 15 is 0 Å². The molecule has 3 aromatic rings. The average Bonchev–Trinajstić information content (AvgIpc) is 3.56. The predicted molar refractivity (Wildman–Crippen MR) is 152 cm³/mol. The highest BCUT2D eigenvalue weighted by Crippen LogP contribution is 2.38. The number of anilines is 2. The van der Waals surface area contributed by atoms with Crippen LogP contribution in [0.15, 0.2) is 42.7 Å². The molecule has 0 bridgehead atoms. The lowest BCUT2D eigenvalue weighted by atomic mass is 10.0. The van der Waals surface area contributed by atoms with Crippen LogP contribution in [0.4, 0.5) is 30.9 Å². The SMILES string of the molecule is C[C@H](N)C(F)(F)CCOc1cncc(Nc2cc([C@H]3CC[C@@H](OC(=O)Oc4ccc([N+](=O)[O-])cc4)C3)nn2C(C)(C)C)n1. The van der Waals surface area contributed by atoms with Gasteiger partial charge in [0, 0.05) is 30.5 Å². The lowest BCUT2D eigenvalue weighted by molar-refractivity contribution is -0.384. The Bertz CT molecular complexity index is 1430. The number of aromatic nitrogens is 4. The van der Waals surface area contributed by atoms with Gasteiger partial charge in [-0.15, -0.1) is 0 Å². The normalized spacial score (nSPS) is 17.7. The minimum atomic E-state index is -3.06. The molecule has 2 heterocycles. The maximum Gasteiger partial charge on any atom is 0.514 e. The van der Waals surface area contributed by atoms with E-state index in [1.54, 1.807) is 0 Å². The van der Waals surface area contributed by atoms with E-state index in [1.807, 2.05) is 31.5 Å². The molecule has 0 saturated heterocycles. The van der Waals surface area contributed by atoms with E-state index in [2.05, 4.69) is 15.3 Å². The molecule has 0 aliphatic heterocycles. The molecule has 1 aliphatic rings. The van der Waals surface area contributed by atoms with E-state index in [-0.39, 0.29) is 35.9 Å². The summed E-state index contributed by atoms with van der Waals surface area (Å²) >= 11 is 0. The highest BCUT2D eigenvalue weighted by Gasteiger charge is 2.34. The summed E-state index contributed by atoms with van der Waals surface area (Å²) in [6.07, 6.45) is 2.87. The Morgan fingerprint density at radius 3 is 2.60 bits per heavy atom. The maximum absolute atomic E-state index is 13.8. The van der Waals surface area contributed by atoms with Gasteiger partial charge in [-0.3, -0.25) is 15.1 Å². The van der Waals surface area contributed by atoms with Crippen LogP contribution in [-0.2, 0) is 10.3 Å². The Morgan fingerprint density at radius 2 is 1.95 bits per heavy atom. The van der Waals surface area contributed by atoms with Crippen molar-refractivity contribution in [2.24, 2.45) is 5.73 Å². The number of hydrogen-bond acceptors (Lipinski definition) is 11. The number of alkyl halides is 2. The minimum absolute atomic E-state index is 0.00804. The topological polar surface area (TPSA) is 170 Å². The number of nitrogens with zero attached hydrogens (tertiary/aromatic N) is 5. The minimum Gasteiger partial charge on any atom is -0.476 e. The van der Waals surface area contributed by atoms with Crippen molar-refractivity contribution in [1.29, 1.82) is 0 Å². The Hall–Kier alpha value is -4.40. The maximum atomic E-state index is 13.8. The van der Waals surface area contributed by atoms with Crippen molar-refractivity contribution in [2.45, 2.75) is 82.9 Å². The molecule has 13 nitrogen and oxygen atoms in total. The van der Waals surface area contributed by atoms with Gasteiger partial charge >= 0.3 is 6.16 Å². The van der Waals surface area contributed by atoms with Crippen molar-refractivity contribution >= 4 is 23.5 Å². The summed E-state index contributed by atoms with van der Waals surface area (Å²) in [6, 6.07) is 5.75. The van der Waals surface area contributed by atoms with Crippen molar-refractivity contribution in [1.82, 2.24) is 19.7 Å². The molecule has 1 fully saturated rings. The number of halogens is 2. The lowest BCUT2D eigenvalue weighted by Crippen LogP contribution is -2.39. The summed E-state index contributed by atoms with van der Waals surface area (Å²) in [5.74, 6) is -1.84. The largest absolute Gasteiger partial charge is 0.514 e. The zero-order valence-corrected chi connectivity index (χ0v) is 24.3. The van der Waals surface area contributed by atoms with Gasteiger partial charge in [0.15, 0.2) is 5.82 Å². The van der Waals surface area contributed by atoms with E-state index in [0.29, 0.717) is 24.5 Å². The van der Waals surface area contributed by atoms with Crippen LogP contribution in [0.3, 0.4) is 0 Å². The molecule has 1 saturated carbocycles. The quantitative estimate of drug-likeness (QED) is 0.120. The van der Waals surface area contributed by atoms with Gasteiger partial charge < -0.3 is 25.3 Å². The van der Waals surface area contributed by atoms with Gasteiger partial charge in [0.05, 0.1) is 41.2 Å². The number of ether oxygens (including phenoxy) is 3. The molecule has 0 amide bonds. The number of non-ortho nitro benzene ring substituents is 1. The van der Waals surface area contributed by atoms with Gasteiger partial charge in [-0.2, -0.15) is 10.1 Å². The fourth-order valence-corrected chi connectivity index (χ4v) is 4.54. The van der Waals surface area contributed by atoms with Crippen molar-refractivity contribution in [3.8, 4) is 11.6 Å². The van der Waals surface area contributed by atoms with Gasteiger partial charge in [0.2, 0.25) is 5.88 Å². The molecule has 3 N–H and O–H groups in total. The average molecular weight is 604 g/mol. The van der Waals surface area contributed by atoms with Gasteiger partial charge in [-0.25, -0.2) is 18.3 Å². The summed E-state index contributed by atoms with van der Waals surface area (Å²) < 4.78 is 45.5. The number of nitro groups is 1. The molecule has 0 spiro atoms. The fourth-order valence-electron chi connectivity index (χ4n) is 4.54. The third kappa shape index (κ3) is 8.34. The molecule has 2 aromatic heterocycles. The highest BCUT2D eigenvalue weighted by molar-refractivity contribution is 5.64. The monoisotopic (exact) mass is 603 g/mol. The molecule has 0 radical (unpaired) electrons. The van der Waals surface area contributed by atoms with E-state index < -0.39 is 35.0 Å². The standard InChI is InChI=1S/C28H35F2N7O6/c1-17(31)28(29,30)11-12-41-25-16-32-15-23(34-25)33-24-14-22(35-36(24)27(2,3)4)18-5-8-21(13-18)43-26(38)42-20-9-6-19(7-10-20)37(39)40/h6-7,9-10,14-18,21H,5,8,11-13,31H2,1-4H3,(H,33,34)/t17-,18-,21+/m0/s1. The Balaban J connectivity index is 1.38. The van der Waals surface area contributed by atoms with E-state index in [9.17, 15) is 23.7 Å². The molecular formula is C28H35F2N7O6. The van der Waals surface area contributed by atoms with Crippen molar-refractivity contribution < 1.29 is 32.7 Å². The summed E-state index contributed by atoms with van der Waals surface area (Å²) in [5.41, 5.74) is 5.60. The number of carbonyl (C=O) groups excluding carboxylic acids is 1. The highest BCUT2D eigenvalue weighted by atomic mass is 19.3. The first-order valence-electron chi connectivity index (χ1n) is 13.8. The van der Waals surface area contributed by atoms with Gasteiger partial charge in [-0.1, -0.05) is 0 Å². The number of benzene rings is 1. The fraction of sp³-hybridized carbons (Fsp3) is 0.500. The van der Waals surface area contributed by atoms with Crippen molar-refractivity contribution in [2.75, 3.05) is 11.9 Å². The lowest BCUT2D eigenvalue weighted by Gasteiger charge is -2.22. The summed E-state index contributed by atoms with van der Waals surface area (Å²) in [5, 5.41) is 18.8. The first kappa shape index (κ1) is 31.5. The molecule has 0 unspecified atom stereocenters. The molecule has 4 rings (SSSR count). The van der Waals surface area contributed by atoms with Crippen LogP contribution in [0.25, 0.3) is 0 Å². The second-order valence-electron chi connectivity index (χ2n) is 11.4. The zero-order valence-electron chi connectivity index (χ0n) is 24.3. The van der Waals surface area contributed by atoms with E-state index in [4.69, 9.17) is 25.0 Å². The van der Waals surface area contributed by atoms with Crippen molar-refractivity contribution in [3.63, 3.8) is 0 Å². The number of nitrogens with one attached hydrogen (secondary N) is 1. The molecule has 1 aliphatic carbocycles. The predicted octanol–water partition coefficient (Wildman–Crippen LogP) is 5.68. The molecule has 3 atom stereocenters. The number of carbonyl (C=O) groups is 1. The van der Waals surface area contributed by atoms with E-state index in [1.165, 1.54) is 43.6 Å². The first-order valence-corrected chi connectivity index (χ1v) is 13.8. The van der Waals surface area contributed by atoms with Crippen LogP contribution in [0.5, 0.6) is 11.6 Å². The Morgan fingerprint density at radius 1 is 1.23 bits per heavy atom. The van der Waals surface area contributed by atoms with Crippen LogP contribution in [0, 0.1) is 10.1 Å². The van der Waals surface area contributed by atoms with Crippen molar-refractivity contribution in [3.05, 3.63) is 58.5 Å². The number of rotatable bonds is 11. The molecule has 15 heteroatoms. The molecule has 1 aromatic carbocycles.